The van der Waals surface area contributed by atoms with E-state index in [4.69, 9.17) is 32.9 Å². The van der Waals surface area contributed by atoms with E-state index in [0.717, 1.165) is 52.8 Å². The number of hydrogen-bond donors (Lipinski definition) is 0. The van der Waals surface area contributed by atoms with Crippen LogP contribution in [0.1, 0.15) is 25.2 Å². The van der Waals surface area contributed by atoms with Crippen LogP contribution in [0.4, 0.5) is 0 Å². The molecule has 0 radical (unpaired) electrons. The summed E-state index contributed by atoms with van der Waals surface area (Å²) in [6, 6.07) is 7.85. The van der Waals surface area contributed by atoms with E-state index in [1.54, 1.807) is 7.11 Å². The highest BCUT2D eigenvalue weighted by atomic mass is 35.5. The van der Waals surface area contributed by atoms with Gasteiger partial charge < -0.3 is 9.64 Å². The Morgan fingerprint density at radius 2 is 2.06 bits per heavy atom. The molecule has 0 aliphatic carbocycles. The number of aromatic nitrogens is 2. The first kappa shape index (κ1) is 23.5. The monoisotopic (exact) mass is 483 g/mol. The van der Waals surface area contributed by atoms with Crippen molar-refractivity contribution >= 4 is 40.0 Å². The minimum Gasteiger partial charge on any atom is -0.495 e. The third-order valence-corrected chi connectivity index (χ3v) is 7.27. The van der Waals surface area contributed by atoms with Gasteiger partial charge in [0.2, 0.25) is 5.91 Å². The Morgan fingerprint density at radius 3 is 2.76 bits per heavy atom. The van der Waals surface area contributed by atoms with Crippen LogP contribution < -0.4 is 4.74 Å². The quantitative estimate of drug-likeness (QED) is 0.403. The van der Waals surface area contributed by atoms with E-state index in [1.807, 2.05) is 42.3 Å². The number of benzene rings is 2. The summed E-state index contributed by atoms with van der Waals surface area (Å²) in [5.74, 6) is 2.09. The molecule has 0 unspecified atom stereocenters. The zero-order valence-corrected chi connectivity index (χ0v) is 20.6. The first-order chi connectivity index (χ1) is 15.9. The Morgan fingerprint density at radius 1 is 1.27 bits per heavy atom. The topological polar surface area (TPSA) is 55.3 Å². The van der Waals surface area contributed by atoms with Crippen molar-refractivity contribution in [3.8, 4) is 16.9 Å². The molecule has 0 N–H and O–H groups in total. The average Bonchev–Trinajstić information content (AvgIpc) is 3.18. The molecular formula is C26H27Cl2N3O2. The van der Waals surface area contributed by atoms with Crippen molar-refractivity contribution in [1.82, 2.24) is 14.9 Å². The second kappa shape index (κ2) is 9.70. The van der Waals surface area contributed by atoms with Crippen LogP contribution in [0.2, 0.25) is 10.0 Å². The van der Waals surface area contributed by atoms with Gasteiger partial charge in [0.25, 0.3) is 0 Å². The molecule has 0 bridgehead atoms. The molecule has 1 fully saturated rings. The molecule has 7 heteroatoms. The van der Waals surface area contributed by atoms with E-state index in [9.17, 15) is 4.79 Å². The summed E-state index contributed by atoms with van der Waals surface area (Å²) in [6.07, 6.45) is 4.72. The van der Waals surface area contributed by atoms with Crippen LogP contribution >= 0.6 is 23.2 Å². The normalized spacial score (nSPS) is 18.0. The number of halogens is 2. The van der Waals surface area contributed by atoms with Gasteiger partial charge in [-0.1, -0.05) is 49.7 Å². The molecule has 1 aliphatic heterocycles. The van der Waals surface area contributed by atoms with Crippen molar-refractivity contribution in [3.05, 3.63) is 64.6 Å². The van der Waals surface area contributed by atoms with Crippen molar-refractivity contribution in [2.75, 3.05) is 20.2 Å². The number of likely N-dealkylation sites (tertiary alicyclic amines) is 1. The predicted molar refractivity (Wildman–Crippen MR) is 134 cm³/mol. The van der Waals surface area contributed by atoms with Crippen LogP contribution in [0.25, 0.3) is 22.0 Å². The van der Waals surface area contributed by atoms with Gasteiger partial charge in [0.1, 0.15) is 11.6 Å². The predicted octanol–water partition coefficient (Wildman–Crippen LogP) is 6.00. The first-order valence-corrected chi connectivity index (χ1v) is 11.8. The van der Waals surface area contributed by atoms with Crippen LogP contribution in [0.3, 0.4) is 0 Å². The largest absolute Gasteiger partial charge is 0.495 e. The third kappa shape index (κ3) is 4.57. The average molecular weight is 484 g/mol. The standard InChI is InChI=1S/C26H27Cl2N3O2/c1-5-16-10-21(33-4)26(28)24(25(16)27)17-7-8-20-18(9-17)12-29-22(30-20)11-19-14-31(13-15(19)3)23(32)6-2/h6-10,12,15,19H,2,5,11,13-14H2,1,3-4H3/t15-,19-/m1/s1. The second-order valence-electron chi connectivity index (χ2n) is 8.54. The minimum atomic E-state index is -0.0163. The lowest BCUT2D eigenvalue weighted by Crippen LogP contribution is -2.27. The Labute approximate surface area is 204 Å². The molecular weight excluding hydrogens is 457 g/mol. The van der Waals surface area contributed by atoms with Gasteiger partial charge in [0.05, 0.1) is 22.7 Å². The first-order valence-electron chi connectivity index (χ1n) is 11.1. The van der Waals surface area contributed by atoms with Gasteiger partial charge in [-0.2, -0.15) is 0 Å². The maximum Gasteiger partial charge on any atom is 0.245 e. The smallest absolute Gasteiger partial charge is 0.245 e. The number of methoxy groups -OCH3 is 1. The lowest BCUT2D eigenvalue weighted by Gasteiger charge is -2.16. The summed E-state index contributed by atoms with van der Waals surface area (Å²) < 4.78 is 5.46. The lowest BCUT2D eigenvalue weighted by molar-refractivity contribution is -0.125. The van der Waals surface area contributed by atoms with E-state index < -0.39 is 0 Å². The highest BCUT2D eigenvalue weighted by molar-refractivity contribution is 6.40. The van der Waals surface area contributed by atoms with Crippen molar-refractivity contribution in [2.24, 2.45) is 11.8 Å². The summed E-state index contributed by atoms with van der Waals surface area (Å²) >= 11 is 13.3. The molecule has 172 valence electrons. The molecule has 1 amide bonds. The van der Waals surface area contributed by atoms with Crippen LogP contribution in [-0.4, -0.2) is 41.0 Å². The van der Waals surface area contributed by atoms with Crippen molar-refractivity contribution in [2.45, 2.75) is 26.7 Å². The molecule has 33 heavy (non-hydrogen) atoms. The number of carbonyl (C=O) groups excluding carboxylic acids is 1. The fourth-order valence-corrected chi connectivity index (χ4v) is 5.27. The van der Waals surface area contributed by atoms with Gasteiger partial charge in [-0.3, -0.25) is 4.79 Å². The Hall–Kier alpha value is -2.63. The summed E-state index contributed by atoms with van der Waals surface area (Å²) in [5.41, 5.74) is 3.49. The molecule has 0 spiro atoms. The maximum atomic E-state index is 12.0. The number of fused-ring (bicyclic) bond motifs is 1. The fourth-order valence-electron chi connectivity index (χ4n) is 4.49. The molecule has 5 nitrogen and oxygen atoms in total. The maximum absolute atomic E-state index is 12.0. The van der Waals surface area contributed by atoms with Gasteiger partial charge >= 0.3 is 0 Å². The minimum absolute atomic E-state index is 0.0163. The second-order valence-corrected chi connectivity index (χ2v) is 9.30. The number of aryl methyl sites for hydroxylation is 1. The summed E-state index contributed by atoms with van der Waals surface area (Å²) in [6.45, 7) is 9.26. The molecule has 0 saturated carbocycles. The Kier molecular flexibility index (Phi) is 6.91. The van der Waals surface area contributed by atoms with Gasteiger partial charge in [-0.15, -0.1) is 0 Å². The Bertz CT molecular complexity index is 1200. The third-order valence-electron chi connectivity index (χ3n) is 6.46. The van der Waals surface area contributed by atoms with E-state index in [1.165, 1.54) is 6.08 Å². The zero-order valence-electron chi connectivity index (χ0n) is 19.1. The number of carbonyl (C=O) groups is 1. The van der Waals surface area contributed by atoms with Crippen molar-refractivity contribution in [1.29, 1.82) is 0 Å². The zero-order chi connectivity index (χ0) is 23.7. The van der Waals surface area contributed by atoms with Crippen molar-refractivity contribution in [3.63, 3.8) is 0 Å². The van der Waals surface area contributed by atoms with E-state index in [-0.39, 0.29) is 5.91 Å². The molecule has 1 saturated heterocycles. The number of hydrogen-bond acceptors (Lipinski definition) is 4. The van der Waals surface area contributed by atoms with Crippen LogP contribution in [0.5, 0.6) is 5.75 Å². The molecule has 3 aromatic rings. The molecule has 2 heterocycles. The number of amides is 1. The number of nitrogens with zero attached hydrogens (tertiary/aromatic N) is 3. The van der Waals surface area contributed by atoms with E-state index in [2.05, 4.69) is 18.5 Å². The SMILES string of the molecule is C=CC(=O)N1C[C@@H](Cc2ncc3cc(-c4c(Cl)c(CC)cc(OC)c4Cl)ccc3n2)[C@H](C)C1. The van der Waals surface area contributed by atoms with Gasteiger partial charge in [0.15, 0.2) is 0 Å². The summed E-state index contributed by atoms with van der Waals surface area (Å²) in [4.78, 5) is 23.2. The summed E-state index contributed by atoms with van der Waals surface area (Å²) in [5, 5.41) is 2.03. The van der Waals surface area contributed by atoms with Gasteiger partial charge in [-0.05, 0) is 53.7 Å². The Balaban J connectivity index is 1.63. The van der Waals surface area contributed by atoms with Crippen LogP contribution in [0, 0.1) is 11.8 Å². The molecule has 1 aliphatic rings. The highest BCUT2D eigenvalue weighted by Crippen LogP contribution is 2.43. The number of ether oxygens (including phenoxy) is 1. The van der Waals surface area contributed by atoms with Crippen LogP contribution in [0.15, 0.2) is 43.1 Å². The molecule has 1 aromatic heterocycles. The summed E-state index contributed by atoms with van der Waals surface area (Å²) in [7, 11) is 1.60. The van der Waals surface area contributed by atoms with Gasteiger partial charge in [-0.25, -0.2) is 9.97 Å². The highest BCUT2D eigenvalue weighted by Gasteiger charge is 2.32. The molecule has 4 rings (SSSR count). The van der Waals surface area contributed by atoms with Crippen LogP contribution in [-0.2, 0) is 17.6 Å². The molecule has 2 aromatic carbocycles. The lowest BCUT2D eigenvalue weighted by atomic mass is 9.94. The van der Waals surface area contributed by atoms with E-state index >= 15 is 0 Å². The van der Waals surface area contributed by atoms with Gasteiger partial charge in [0, 0.05) is 36.7 Å². The van der Waals surface area contributed by atoms with Crippen molar-refractivity contribution < 1.29 is 9.53 Å². The number of rotatable bonds is 6. The molecule has 2 atom stereocenters. The fraction of sp³-hybridized carbons (Fsp3) is 0.346. The van der Waals surface area contributed by atoms with E-state index in [0.29, 0.717) is 34.2 Å².